The van der Waals surface area contributed by atoms with Crippen molar-refractivity contribution in [2.75, 3.05) is 12.4 Å². The van der Waals surface area contributed by atoms with Crippen LogP contribution in [-0.2, 0) is 6.54 Å². The number of rotatable bonds is 6. The van der Waals surface area contributed by atoms with Crippen molar-refractivity contribution in [3.8, 4) is 17.2 Å². The van der Waals surface area contributed by atoms with Crippen LogP contribution >= 0.6 is 11.6 Å². The molecule has 4 rings (SSSR count). The van der Waals surface area contributed by atoms with Crippen molar-refractivity contribution < 1.29 is 13.5 Å². The number of hydrogen-bond donors (Lipinski definition) is 1. The van der Waals surface area contributed by atoms with Gasteiger partial charge in [0.1, 0.15) is 17.9 Å². The van der Waals surface area contributed by atoms with Crippen LogP contribution in [0.4, 0.5) is 15.9 Å². The highest BCUT2D eigenvalue weighted by Crippen LogP contribution is 2.28. The van der Waals surface area contributed by atoms with Gasteiger partial charge in [-0.05, 0) is 42.3 Å². The second-order valence-corrected chi connectivity index (χ2v) is 7.37. The molecule has 0 aliphatic heterocycles. The molecule has 6 nitrogen and oxygen atoms in total. The molecular weight excluding hydrogens is 421 g/mol. The van der Waals surface area contributed by atoms with Crippen molar-refractivity contribution in [2.45, 2.75) is 13.5 Å². The van der Waals surface area contributed by atoms with Crippen LogP contribution in [0.2, 0.25) is 5.02 Å². The van der Waals surface area contributed by atoms with Crippen molar-refractivity contribution >= 4 is 23.1 Å². The molecule has 2 heterocycles. The maximum Gasteiger partial charge on any atom is 0.225 e. The van der Waals surface area contributed by atoms with Crippen molar-refractivity contribution in [3.05, 3.63) is 93.3 Å². The monoisotopic (exact) mass is 439 g/mol. The summed E-state index contributed by atoms with van der Waals surface area (Å²) in [7, 11) is 1.44. The molecule has 0 saturated heterocycles. The number of halogens is 2. The zero-order chi connectivity index (χ0) is 22.0. The van der Waals surface area contributed by atoms with Gasteiger partial charge in [-0.25, -0.2) is 9.37 Å². The number of nitrogens with zero attached hydrogens (tertiary/aromatic N) is 2. The smallest absolute Gasteiger partial charge is 0.225 e. The maximum absolute atomic E-state index is 13.5. The maximum atomic E-state index is 13.5. The lowest BCUT2D eigenvalue weighted by Crippen LogP contribution is -2.14. The fourth-order valence-electron chi connectivity index (χ4n) is 3.17. The van der Waals surface area contributed by atoms with Crippen LogP contribution in [0.25, 0.3) is 11.5 Å². The first-order chi connectivity index (χ1) is 14.9. The third-order valence-electron chi connectivity index (χ3n) is 4.83. The van der Waals surface area contributed by atoms with E-state index in [0.717, 1.165) is 22.4 Å². The highest BCUT2D eigenvalue weighted by Gasteiger charge is 2.12. The quantitative estimate of drug-likeness (QED) is 0.435. The third kappa shape index (κ3) is 4.46. The van der Waals surface area contributed by atoms with E-state index in [1.165, 1.54) is 25.5 Å². The topological polar surface area (TPSA) is 69.3 Å². The summed E-state index contributed by atoms with van der Waals surface area (Å²) < 4.78 is 25.9. The first-order valence-corrected chi connectivity index (χ1v) is 9.82. The van der Waals surface area contributed by atoms with Gasteiger partial charge in [-0.15, -0.1) is 0 Å². The van der Waals surface area contributed by atoms with Crippen molar-refractivity contribution in [1.82, 2.24) is 9.55 Å². The van der Waals surface area contributed by atoms with Crippen molar-refractivity contribution in [2.24, 2.45) is 0 Å². The van der Waals surface area contributed by atoms with Crippen LogP contribution in [0, 0.1) is 12.7 Å². The molecule has 2 aromatic carbocycles. The normalized spacial score (nSPS) is 10.8. The Morgan fingerprint density at radius 2 is 2.06 bits per heavy atom. The molecule has 0 aliphatic carbocycles. The number of anilines is 2. The first kappa shape index (κ1) is 20.7. The van der Waals surface area contributed by atoms with Gasteiger partial charge < -0.3 is 19.0 Å². The summed E-state index contributed by atoms with van der Waals surface area (Å²) in [5.41, 5.74) is 3.05. The molecule has 0 fully saturated rings. The Kier molecular flexibility index (Phi) is 5.77. The zero-order valence-electron chi connectivity index (χ0n) is 16.9. The number of nitrogens with one attached hydrogen (secondary N) is 1. The van der Waals surface area contributed by atoms with Crippen LogP contribution in [0.3, 0.4) is 0 Å². The summed E-state index contributed by atoms with van der Waals surface area (Å²) in [5, 5.41) is 3.35. The number of aryl methyl sites for hydroxylation is 1. The van der Waals surface area contributed by atoms with Gasteiger partial charge >= 0.3 is 0 Å². The van der Waals surface area contributed by atoms with E-state index < -0.39 is 5.82 Å². The highest BCUT2D eigenvalue weighted by atomic mass is 35.5. The largest absolute Gasteiger partial charge is 0.491 e. The molecule has 0 unspecified atom stereocenters. The summed E-state index contributed by atoms with van der Waals surface area (Å²) in [6.07, 6.45) is 4.70. The molecule has 8 heteroatoms. The molecule has 4 aromatic rings. The van der Waals surface area contributed by atoms with Gasteiger partial charge in [0, 0.05) is 23.9 Å². The minimum Gasteiger partial charge on any atom is -0.491 e. The fraction of sp³-hybridized carbons (Fsp3) is 0.130. The van der Waals surface area contributed by atoms with E-state index in [1.54, 1.807) is 29.1 Å². The summed E-state index contributed by atoms with van der Waals surface area (Å²) >= 11 is 5.93. The number of pyridine rings is 1. The van der Waals surface area contributed by atoms with Crippen molar-refractivity contribution in [3.63, 3.8) is 0 Å². The van der Waals surface area contributed by atoms with Gasteiger partial charge in [0.25, 0.3) is 0 Å². The fourth-order valence-corrected chi connectivity index (χ4v) is 3.38. The first-order valence-electron chi connectivity index (χ1n) is 9.44. The SMILES string of the molecule is COc1cn(Cc2ccc(F)c(Cl)c2)c(Nc2cc(-c3ncco3)ccc2C)cc1=O. The van der Waals surface area contributed by atoms with Crippen LogP contribution in [0.15, 0.2) is 70.3 Å². The molecule has 2 aromatic heterocycles. The molecule has 0 bridgehead atoms. The number of methoxy groups -OCH3 is 1. The van der Waals surface area contributed by atoms with Crippen LogP contribution in [0.1, 0.15) is 11.1 Å². The second kappa shape index (κ2) is 8.65. The number of hydrogen-bond acceptors (Lipinski definition) is 5. The summed E-state index contributed by atoms with van der Waals surface area (Å²) in [6.45, 7) is 2.30. The molecule has 0 amide bonds. The van der Waals surface area contributed by atoms with Gasteiger partial charge in [0.05, 0.1) is 24.5 Å². The molecule has 1 N–H and O–H groups in total. The molecule has 0 atom stereocenters. The van der Waals surface area contributed by atoms with Gasteiger partial charge in [-0.3, -0.25) is 4.79 Å². The zero-order valence-corrected chi connectivity index (χ0v) is 17.6. The van der Waals surface area contributed by atoms with E-state index in [2.05, 4.69) is 10.3 Å². The van der Waals surface area contributed by atoms with Crippen LogP contribution in [-0.4, -0.2) is 16.7 Å². The Morgan fingerprint density at radius 1 is 1.23 bits per heavy atom. The van der Waals surface area contributed by atoms with Crippen LogP contribution in [0.5, 0.6) is 5.75 Å². The average molecular weight is 440 g/mol. The van der Waals surface area contributed by atoms with E-state index >= 15 is 0 Å². The Labute approximate surface area is 182 Å². The number of oxazole rings is 1. The molecule has 0 spiro atoms. The lowest BCUT2D eigenvalue weighted by atomic mass is 10.1. The Hall–Kier alpha value is -3.58. The molecule has 31 heavy (non-hydrogen) atoms. The second-order valence-electron chi connectivity index (χ2n) is 6.96. The molecular formula is C23H19ClFN3O3. The predicted octanol–water partition coefficient (Wildman–Crippen LogP) is 5.40. The minimum absolute atomic E-state index is 0.0366. The van der Waals surface area contributed by atoms with E-state index in [0.29, 0.717) is 18.3 Å². The predicted molar refractivity (Wildman–Crippen MR) is 118 cm³/mol. The standard InChI is InChI=1S/C23H19ClFN3O3/c1-14-3-5-16(23-26-7-8-31-23)10-19(14)27-22-11-20(29)21(30-2)13-28(22)12-15-4-6-18(25)17(24)9-15/h3-11,13,27H,12H2,1-2H3. The van der Waals surface area contributed by atoms with Crippen LogP contribution < -0.4 is 15.5 Å². The number of ether oxygens (including phenoxy) is 1. The molecule has 158 valence electrons. The molecule has 0 saturated carbocycles. The van der Waals surface area contributed by atoms with Crippen molar-refractivity contribution in [1.29, 1.82) is 0 Å². The molecule has 0 radical (unpaired) electrons. The summed E-state index contributed by atoms with van der Waals surface area (Å²) in [5.74, 6) is 0.749. The van der Waals surface area contributed by atoms with E-state index in [-0.39, 0.29) is 16.2 Å². The third-order valence-corrected chi connectivity index (χ3v) is 5.12. The van der Waals surface area contributed by atoms with E-state index in [9.17, 15) is 9.18 Å². The van der Waals surface area contributed by atoms with Gasteiger partial charge in [0.2, 0.25) is 11.3 Å². The number of benzene rings is 2. The Morgan fingerprint density at radius 3 is 2.77 bits per heavy atom. The lowest BCUT2D eigenvalue weighted by Gasteiger charge is -2.18. The van der Waals surface area contributed by atoms with Gasteiger partial charge in [-0.2, -0.15) is 0 Å². The highest BCUT2D eigenvalue weighted by molar-refractivity contribution is 6.30. The Balaban J connectivity index is 1.74. The Bertz CT molecular complexity index is 1290. The summed E-state index contributed by atoms with van der Waals surface area (Å²) in [6, 6.07) is 11.7. The average Bonchev–Trinajstić information content (AvgIpc) is 3.29. The van der Waals surface area contributed by atoms with Gasteiger partial charge in [0.15, 0.2) is 5.75 Å². The lowest BCUT2D eigenvalue weighted by molar-refractivity contribution is 0.406. The minimum atomic E-state index is -0.486. The van der Waals surface area contributed by atoms with E-state index in [1.807, 2.05) is 25.1 Å². The summed E-state index contributed by atoms with van der Waals surface area (Å²) in [4.78, 5) is 16.6. The number of aromatic nitrogens is 2. The molecule has 0 aliphatic rings. The van der Waals surface area contributed by atoms with Gasteiger partial charge in [-0.1, -0.05) is 23.7 Å². The van der Waals surface area contributed by atoms with E-state index in [4.69, 9.17) is 20.8 Å².